The van der Waals surface area contributed by atoms with Gasteiger partial charge in [-0.15, -0.1) is 19.4 Å². The van der Waals surface area contributed by atoms with Crippen LogP contribution in [0.1, 0.15) is 58.1 Å². The molecule has 0 N–H and O–H groups in total. The standard InChI is InChI=1S/C27H34FN.C2H2/c1-20(2)10-9-11-22(5)18-19-29(21(3)4)27-13-8-7-12-26(27)23(6)24-14-16-25(28)17-15-24;1-2/h7-8,12-19,21-22H,1,6,9-11H2,2-5H3;1-2H/b19-18+;. The van der Waals surface area contributed by atoms with Crippen molar-refractivity contribution in [2.24, 2.45) is 5.92 Å². The van der Waals surface area contributed by atoms with Crippen LogP contribution in [-0.2, 0) is 0 Å². The maximum Gasteiger partial charge on any atom is 0.123 e. The normalized spacial score (nSPS) is 11.6. The lowest BCUT2D eigenvalue weighted by molar-refractivity contribution is 0.602. The van der Waals surface area contributed by atoms with Crippen molar-refractivity contribution >= 4 is 11.3 Å². The first-order valence-corrected chi connectivity index (χ1v) is 10.8. The van der Waals surface area contributed by atoms with Gasteiger partial charge in [0.15, 0.2) is 0 Å². The maximum absolute atomic E-state index is 13.3. The zero-order valence-electron chi connectivity index (χ0n) is 19.4. The second kappa shape index (κ2) is 13.3. The van der Waals surface area contributed by atoms with Crippen molar-refractivity contribution in [2.45, 2.75) is 53.0 Å². The van der Waals surface area contributed by atoms with Gasteiger partial charge in [0.2, 0.25) is 0 Å². The van der Waals surface area contributed by atoms with E-state index >= 15 is 0 Å². The SMILES string of the molecule is C#C.C=C(C)CCCC(C)/C=C/N(c1ccccc1C(=C)c1ccc(F)cc1)C(C)C. The third-order valence-corrected chi connectivity index (χ3v) is 5.09. The number of hydrogen-bond donors (Lipinski definition) is 0. The van der Waals surface area contributed by atoms with Gasteiger partial charge in [-0.1, -0.05) is 55.5 Å². The van der Waals surface area contributed by atoms with Crippen LogP contribution in [-0.4, -0.2) is 6.04 Å². The molecule has 0 heterocycles. The van der Waals surface area contributed by atoms with Crippen molar-refractivity contribution < 1.29 is 4.39 Å². The molecule has 0 spiro atoms. The van der Waals surface area contributed by atoms with Gasteiger partial charge < -0.3 is 4.90 Å². The molecular formula is C29H36FN. The van der Waals surface area contributed by atoms with Crippen LogP contribution in [0.25, 0.3) is 5.57 Å². The molecule has 0 amide bonds. The van der Waals surface area contributed by atoms with Crippen molar-refractivity contribution in [1.29, 1.82) is 0 Å². The minimum absolute atomic E-state index is 0.234. The van der Waals surface area contributed by atoms with Crippen LogP contribution in [0.3, 0.4) is 0 Å². The predicted octanol–water partition coefficient (Wildman–Crippen LogP) is 8.25. The fraction of sp³-hybridized carbons (Fsp3) is 0.310. The molecule has 1 unspecified atom stereocenters. The molecular weight excluding hydrogens is 381 g/mol. The fourth-order valence-electron chi connectivity index (χ4n) is 3.35. The van der Waals surface area contributed by atoms with E-state index in [2.05, 4.69) is 89.1 Å². The lowest BCUT2D eigenvalue weighted by Crippen LogP contribution is -2.26. The third-order valence-electron chi connectivity index (χ3n) is 5.09. The highest BCUT2D eigenvalue weighted by atomic mass is 19.1. The maximum atomic E-state index is 13.3. The van der Waals surface area contributed by atoms with Crippen LogP contribution in [0.15, 0.2) is 79.5 Å². The van der Waals surface area contributed by atoms with Gasteiger partial charge in [-0.25, -0.2) is 4.39 Å². The van der Waals surface area contributed by atoms with E-state index in [-0.39, 0.29) is 5.82 Å². The summed E-state index contributed by atoms with van der Waals surface area (Å²) in [6, 6.07) is 15.1. The van der Waals surface area contributed by atoms with Crippen molar-refractivity contribution in [2.75, 3.05) is 4.90 Å². The highest BCUT2D eigenvalue weighted by Gasteiger charge is 2.15. The molecule has 0 aliphatic rings. The second-order valence-corrected chi connectivity index (χ2v) is 8.17. The number of nitrogens with zero attached hydrogens (tertiary/aromatic N) is 1. The van der Waals surface area contributed by atoms with Gasteiger partial charge in [0.05, 0.1) is 0 Å². The summed E-state index contributed by atoms with van der Waals surface area (Å²) in [6.45, 7) is 17.0. The molecule has 2 aromatic carbocycles. The Kier molecular flexibility index (Phi) is 11.1. The summed E-state index contributed by atoms with van der Waals surface area (Å²) in [6.07, 6.45) is 15.9. The number of para-hydroxylation sites is 1. The van der Waals surface area contributed by atoms with E-state index in [1.54, 1.807) is 12.1 Å². The third kappa shape index (κ3) is 8.30. The van der Waals surface area contributed by atoms with E-state index < -0.39 is 0 Å². The Hall–Kier alpha value is -3.05. The zero-order chi connectivity index (χ0) is 23.4. The Morgan fingerprint density at radius 2 is 1.65 bits per heavy atom. The molecule has 1 nitrogen and oxygen atoms in total. The first kappa shape index (κ1) is 26.0. The zero-order valence-corrected chi connectivity index (χ0v) is 19.4. The summed E-state index contributed by atoms with van der Waals surface area (Å²) >= 11 is 0. The Balaban J connectivity index is 0.00000233. The molecule has 0 aliphatic heterocycles. The molecule has 2 rings (SSSR count). The van der Waals surface area contributed by atoms with Crippen molar-refractivity contribution in [3.05, 3.63) is 96.5 Å². The molecule has 0 radical (unpaired) electrons. The number of halogens is 1. The summed E-state index contributed by atoms with van der Waals surface area (Å²) < 4.78 is 13.3. The van der Waals surface area contributed by atoms with Gasteiger partial charge in [-0.2, -0.15) is 0 Å². The van der Waals surface area contributed by atoms with Gasteiger partial charge in [-0.3, -0.25) is 0 Å². The van der Waals surface area contributed by atoms with E-state index in [0.717, 1.165) is 35.2 Å². The number of allylic oxidation sites excluding steroid dienone is 2. The van der Waals surface area contributed by atoms with E-state index in [0.29, 0.717) is 12.0 Å². The lowest BCUT2D eigenvalue weighted by Gasteiger charge is -2.28. The van der Waals surface area contributed by atoms with Gasteiger partial charge >= 0.3 is 0 Å². The van der Waals surface area contributed by atoms with Gasteiger partial charge in [-0.05, 0) is 75.3 Å². The Bertz CT molecular complexity index is 886. The Morgan fingerprint density at radius 1 is 1.03 bits per heavy atom. The summed E-state index contributed by atoms with van der Waals surface area (Å²) in [5.41, 5.74) is 5.25. The Labute approximate surface area is 189 Å². The average molecular weight is 418 g/mol. The van der Waals surface area contributed by atoms with E-state index in [1.807, 2.05) is 6.07 Å². The highest BCUT2D eigenvalue weighted by Crippen LogP contribution is 2.32. The van der Waals surface area contributed by atoms with Crippen LogP contribution in [0.4, 0.5) is 10.1 Å². The fourth-order valence-corrected chi connectivity index (χ4v) is 3.35. The molecule has 0 aromatic heterocycles. The molecule has 1 atom stereocenters. The average Bonchev–Trinajstić information content (AvgIpc) is 2.75. The Morgan fingerprint density at radius 3 is 2.23 bits per heavy atom. The monoisotopic (exact) mass is 417 g/mol. The predicted molar refractivity (Wildman–Crippen MR) is 135 cm³/mol. The molecule has 0 saturated heterocycles. The molecule has 164 valence electrons. The molecule has 0 saturated carbocycles. The van der Waals surface area contributed by atoms with Crippen molar-refractivity contribution in [3.63, 3.8) is 0 Å². The number of anilines is 1. The highest BCUT2D eigenvalue weighted by molar-refractivity contribution is 5.85. The number of benzene rings is 2. The van der Waals surface area contributed by atoms with Crippen molar-refractivity contribution in [1.82, 2.24) is 0 Å². The summed E-state index contributed by atoms with van der Waals surface area (Å²) in [5, 5.41) is 0. The van der Waals surface area contributed by atoms with Crippen LogP contribution < -0.4 is 4.90 Å². The molecule has 0 fully saturated rings. The largest absolute Gasteiger partial charge is 0.345 e. The van der Waals surface area contributed by atoms with E-state index in [9.17, 15) is 4.39 Å². The quantitative estimate of drug-likeness (QED) is 0.278. The molecule has 2 aromatic rings. The van der Waals surface area contributed by atoms with Crippen molar-refractivity contribution in [3.8, 4) is 12.8 Å². The summed E-state index contributed by atoms with van der Waals surface area (Å²) in [5.74, 6) is 0.269. The lowest BCUT2D eigenvalue weighted by atomic mass is 9.97. The summed E-state index contributed by atoms with van der Waals surface area (Å²) in [7, 11) is 0. The number of hydrogen-bond acceptors (Lipinski definition) is 1. The van der Waals surface area contributed by atoms with E-state index in [4.69, 9.17) is 0 Å². The minimum atomic E-state index is -0.234. The topological polar surface area (TPSA) is 3.24 Å². The number of terminal acetylenes is 1. The second-order valence-electron chi connectivity index (χ2n) is 8.17. The first-order valence-electron chi connectivity index (χ1n) is 10.8. The number of rotatable bonds is 10. The van der Waals surface area contributed by atoms with Gasteiger partial charge in [0.25, 0.3) is 0 Å². The van der Waals surface area contributed by atoms with Gasteiger partial charge in [0, 0.05) is 23.5 Å². The minimum Gasteiger partial charge on any atom is -0.345 e. The van der Waals surface area contributed by atoms with Crippen LogP contribution in [0.5, 0.6) is 0 Å². The summed E-state index contributed by atoms with van der Waals surface area (Å²) in [4.78, 5) is 2.29. The van der Waals surface area contributed by atoms with Crippen LogP contribution in [0, 0.1) is 24.6 Å². The van der Waals surface area contributed by atoms with Gasteiger partial charge in [0.1, 0.15) is 5.82 Å². The molecule has 0 bridgehead atoms. The van der Waals surface area contributed by atoms with Crippen LogP contribution >= 0.6 is 0 Å². The molecule has 0 aliphatic carbocycles. The first-order chi connectivity index (χ1) is 14.8. The molecule has 31 heavy (non-hydrogen) atoms. The van der Waals surface area contributed by atoms with E-state index in [1.165, 1.54) is 24.1 Å². The molecule has 2 heteroatoms. The van der Waals surface area contributed by atoms with Crippen LogP contribution in [0.2, 0.25) is 0 Å². The smallest absolute Gasteiger partial charge is 0.123 e.